The Morgan fingerprint density at radius 1 is 1.09 bits per heavy atom. The van der Waals surface area contributed by atoms with Crippen LogP contribution in [0.4, 0.5) is 4.39 Å². The quantitative estimate of drug-likeness (QED) is 0.618. The molecule has 2 nitrogen and oxygen atoms in total. The highest BCUT2D eigenvalue weighted by atomic mass is 32.2. The van der Waals surface area contributed by atoms with Crippen LogP contribution in [0.5, 0.6) is 0 Å². The van der Waals surface area contributed by atoms with E-state index in [1.807, 2.05) is 31.2 Å². The molecule has 0 bridgehead atoms. The molecule has 0 saturated heterocycles. The average molecular weight is 317 g/mol. The maximum Gasteiger partial charge on any atom is 0.224 e. The minimum Gasteiger partial charge on any atom is -0.356 e. The van der Waals surface area contributed by atoms with E-state index in [-0.39, 0.29) is 11.7 Å². The molecule has 0 atom stereocenters. The molecule has 0 radical (unpaired) electrons. The van der Waals surface area contributed by atoms with Crippen LogP contribution in [0.25, 0.3) is 0 Å². The summed E-state index contributed by atoms with van der Waals surface area (Å²) in [4.78, 5) is 12.9. The Hall–Kier alpha value is -1.81. The Morgan fingerprint density at radius 2 is 1.77 bits per heavy atom. The summed E-state index contributed by atoms with van der Waals surface area (Å²) in [5.41, 5.74) is 2.23. The molecule has 0 spiro atoms. The van der Waals surface area contributed by atoms with Gasteiger partial charge in [0.2, 0.25) is 5.91 Å². The van der Waals surface area contributed by atoms with E-state index in [2.05, 4.69) is 5.32 Å². The fourth-order valence-electron chi connectivity index (χ4n) is 1.97. The highest BCUT2D eigenvalue weighted by Crippen LogP contribution is 2.18. The van der Waals surface area contributed by atoms with Crippen molar-refractivity contribution in [3.63, 3.8) is 0 Å². The molecule has 0 unspecified atom stereocenters. The van der Waals surface area contributed by atoms with Crippen molar-refractivity contribution in [3.8, 4) is 0 Å². The molecule has 0 saturated carbocycles. The van der Waals surface area contributed by atoms with E-state index in [4.69, 9.17) is 0 Å². The predicted octanol–water partition coefficient (Wildman–Crippen LogP) is 3.98. The summed E-state index contributed by atoms with van der Waals surface area (Å²) < 4.78 is 12.8. The topological polar surface area (TPSA) is 29.1 Å². The second-order valence-corrected chi connectivity index (χ2v) is 6.34. The minimum atomic E-state index is -0.215. The molecule has 1 N–H and O–H groups in total. The standard InChI is InChI=1S/C18H20FNOS/c1-14-3-5-15(6-4-14)13-18(21)20-11-2-12-22-17-9-7-16(19)8-10-17/h3-10H,2,11-13H2,1H3,(H,20,21). The van der Waals surface area contributed by atoms with Crippen molar-refractivity contribution in [3.05, 3.63) is 65.5 Å². The number of amides is 1. The van der Waals surface area contributed by atoms with Gasteiger partial charge in [0.05, 0.1) is 6.42 Å². The average Bonchev–Trinajstić information content (AvgIpc) is 2.51. The van der Waals surface area contributed by atoms with Gasteiger partial charge in [-0.05, 0) is 48.9 Å². The number of halogens is 1. The highest BCUT2D eigenvalue weighted by Gasteiger charge is 2.02. The summed E-state index contributed by atoms with van der Waals surface area (Å²) in [6.45, 7) is 2.70. The van der Waals surface area contributed by atoms with E-state index in [1.54, 1.807) is 23.9 Å². The number of carbonyl (C=O) groups excluding carboxylic acids is 1. The Kier molecular flexibility index (Phi) is 6.46. The van der Waals surface area contributed by atoms with E-state index >= 15 is 0 Å². The fraction of sp³-hybridized carbons (Fsp3) is 0.278. The van der Waals surface area contributed by atoms with Gasteiger partial charge in [-0.15, -0.1) is 11.8 Å². The van der Waals surface area contributed by atoms with Crippen LogP contribution < -0.4 is 5.32 Å². The third-order valence-corrected chi connectivity index (χ3v) is 4.31. The Bertz CT molecular complexity index is 595. The molecule has 2 aromatic carbocycles. The largest absolute Gasteiger partial charge is 0.356 e. The number of thioether (sulfide) groups is 1. The fourth-order valence-corrected chi connectivity index (χ4v) is 2.83. The maximum absolute atomic E-state index is 12.8. The van der Waals surface area contributed by atoms with E-state index in [0.29, 0.717) is 13.0 Å². The van der Waals surface area contributed by atoms with Crippen LogP contribution >= 0.6 is 11.8 Å². The first kappa shape index (κ1) is 16.6. The lowest BCUT2D eigenvalue weighted by molar-refractivity contribution is -0.120. The zero-order valence-corrected chi connectivity index (χ0v) is 13.5. The normalized spacial score (nSPS) is 10.5. The third-order valence-electron chi connectivity index (χ3n) is 3.21. The summed E-state index contributed by atoms with van der Waals surface area (Å²) in [6.07, 6.45) is 1.31. The Balaban J connectivity index is 1.61. The summed E-state index contributed by atoms with van der Waals surface area (Å²) in [6, 6.07) is 14.5. The molecular formula is C18H20FNOS. The SMILES string of the molecule is Cc1ccc(CC(=O)NCCCSc2ccc(F)cc2)cc1. The molecule has 4 heteroatoms. The monoisotopic (exact) mass is 317 g/mol. The molecule has 22 heavy (non-hydrogen) atoms. The van der Waals surface area contributed by atoms with Gasteiger partial charge in [-0.1, -0.05) is 29.8 Å². The molecule has 0 aliphatic carbocycles. The van der Waals surface area contributed by atoms with Crippen LogP contribution in [-0.2, 0) is 11.2 Å². The number of hydrogen-bond donors (Lipinski definition) is 1. The zero-order chi connectivity index (χ0) is 15.8. The summed E-state index contributed by atoms with van der Waals surface area (Å²) in [7, 11) is 0. The lowest BCUT2D eigenvalue weighted by Gasteiger charge is -2.06. The molecule has 0 aromatic heterocycles. The molecule has 1 amide bonds. The molecular weight excluding hydrogens is 297 g/mol. The van der Waals surface area contributed by atoms with Gasteiger partial charge in [0.15, 0.2) is 0 Å². The van der Waals surface area contributed by atoms with Crippen molar-refractivity contribution < 1.29 is 9.18 Å². The first-order chi connectivity index (χ1) is 10.6. The Morgan fingerprint density at radius 3 is 2.45 bits per heavy atom. The lowest BCUT2D eigenvalue weighted by atomic mass is 10.1. The highest BCUT2D eigenvalue weighted by molar-refractivity contribution is 7.99. The van der Waals surface area contributed by atoms with Gasteiger partial charge < -0.3 is 5.32 Å². The number of aryl methyl sites for hydroxylation is 1. The van der Waals surface area contributed by atoms with Crippen LogP contribution in [0.2, 0.25) is 0 Å². The first-order valence-corrected chi connectivity index (χ1v) is 8.32. The van der Waals surface area contributed by atoms with E-state index < -0.39 is 0 Å². The van der Waals surface area contributed by atoms with Crippen molar-refractivity contribution in [1.82, 2.24) is 5.32 Å². The van der Waals surface area contributed by atoms with E-state index in [0.717, 1.165) is 22.6 Å². The van der Waals surface area contributed by atoms with Crippen LogP contribution in [-0.4, -0.2) is 18.2 Å². The molecule has 2 rings (SSSR count). The summed E-state index contributed by atoms with van der Waals surface area (Å²) >= 11 is 1.67. The number of hydrogen-bond acceptors (Lipinski definition) is 2. The maximum atomic E-state index is 12.8. The van der Waals surface area contributed by atoms with Crippen LogP contribution in [0, 0.1) is 12.7 Å². The molecule has 0 aliphatic heterocycles. The van der Waals surface area contributed by atoms with Crippen molar-refractivity contribution >= 4 is 17.7 Å². The molecule has 0 heterocycles. The Labute approximate surface area is 135 Å². The molecule has 2 aromatic rings. The number of benzene rings is 2. The van der Waals surface area contributed by atoms with Crippen LogP contribution in [0.3, 0.4) is 0 Å². The smallest absolute Gasteiger partial charge is 0.224 e. The number of rotatable bonds is 7. The first-order valence-electron chi connectivity index (χ1n) is 7.34. The van der Waals surface area contributed by atoms with E-state index in [1.165, 1.54) is 17.7 Å². The predicted molar refractivity (Wildman–Crippen MR) is 89.6 cm³/mol. The molecule has 0 fully saturated rings. The van der Waals surface area contributed by atoms with Crippen LogP contribution in [0.1, 0.15) is 17.5 Å². The molecule has 0 aliphatic rings. The van der Waals surface area contributed by atoms with Crippen molar-refractivity contribution in [1.29, 1.82) is 0 Å². The van der Waals surface area contributed by atoms with Gasteiger partial charge in [0, 0.05) is 11.4 Å². The van der Waals surface area contributed by atoms with Gasteiger partial charge >= 0.3 is 0 Å². The van der Waals surface area contributed by atoms with E-state index in [9.17, 15) is 9.18 Å². The van der Waals surface area contributed by atoms with Crippen molar-refractivity contribution in [2.75, 3.05) is 12.3 Å². The van der Waals surface area contributed by atoms with Crippen molar-refractivity contribution in [2.45, 2.75) is 24.7 Å². The second kappa shape index (κ2) is 8.59. The summed E-state index contributed by atoms with van der Waals surface area (Å²) in [5, 5.41) is 2.93. The van der Waals surface area contributed by atoms with Crippen LogP contribution in [0.15, 0.2) is 53.4 Å². The number of carbonyl (C=O) groups is 1. The van der Waals surface area contributed by atoms with Gasteiger partial charge in [0.1, 0.15) is 5.82 Å². The number of nitrogens with one attached hydrogen (secondary N) is 1. The summed E-state index contributed by atoms with van der Waals surface area (Å²) in [5.74, 6) is 0.736. The van der Waals surface area contributed by atoms with Gasteiger partial charge in [-0.3, -0.25) is 4.79 Å². The van der Waals surface area contributed by atoms with Gasteiger partial charge in [-0.2, -0.15) is 0 Å². The zero-order valence-electron chi connectivity index (χ0n) is 12.6. The minimum absolute atomic E-state index is 0.0515. The molecule has 116 valence electrons. The second-order valence-electron chi connectivity index (χ2n) is 5.17. The van der Waals surface area contributed by atoms with Gasteiger partial charge in [0.25, 0.3) is 0 Å². The third kappa shape index (κ3) is 5.90. The lowest BCUT2D eigenvalue weighted by Crippen LogP contribution is -2.26. The van der Waals surface area contributed by atoms with Crippen molar-refractivity contribution in [2.24, 2.45) is 0 Å². The van der Waals surface area contributed by atoms with Gasteiger partial charge in [-0.25, -0.2) is 4.39 Å².